The standard InChI is InChI=1S/C23H44O4/c1-3-5-7-9-11-15-20-19-21(16-12-10-8-6-4-2)27-23(26-20)18-14-13-17-22(24)25/h20-21,23H,3-19H2,1-2H3,(H,24,25). The summed E-state index contributed by atoms with van der Waals surface area (Å²) in [4.78, 5) is 10.7. The minimum atomic E-state index is -0.713. The Morgan fingerprint density at radius 3 is 1.70 bits per heavy atom. The van der Waals surface area contributed by atoms with Crippen LogP contribution in [0.5, 0.6) is 0 Å². The van der Waals surface area contributed by atoms with Crippen LogP contribution in [0.1, 0.15) is 123 Å². The summed E-state index contributed by atoms with van der Waals surface area (Å²) in [6.07, 6.45) is 19.5. The van der Waals surface area contributed by atoms with Crippen LogP contribution >= 0.6 is 0 Å². The zero-order valence-corrected chi connectivity index (χ0v) is 17.9. The third-order valence-electron chi connectivity index (χ3n) is 5.55. The molecule has 0 radical (unpaired) electrons. The van der Waals surface area contributed by atoms with E-state index < -0.39 is 5.97 Å². The molecule has 0 amide bonds. The minimum Gasteiger partial charge on any atom is -0.481 e. The third kappa shape index (κ3) is 13.2. The zero-order valence-electron chi connectivity index (χ0n) is 17.9. The van der Waals surface area contributed by atoms with Crippen molar-refractivity contribution in [2.45, 2.75) is 141 Å². The summed E-state index contributed by atoms with van der Waals surface area (Å²) in [5.41, 5.74) is 0. The topological polar surface area (TPSA) is 55.8 Å². The lowest BCUT2D eigenvalue weighted by Gasteiger charge is -2.36. The number of rotatable bonds is 17. The molecule has 4 nitrogen and oxygen atoms in total. The largest absolute Gasteiger partial charge is 0.481 e. The molecule has 1 N–H and O–H groups in total. The van der Waals surface area contributed by atoms with Crippen molar-refractivity contribution in [3.05, 3.63) is 0 Å². The van der Waals surface area contributed by atoms with Crippen molar-refractivity contribution in [3.63, 3.8) is 0 Å². The van der Waals surface area contributed by atoms with Gasteiger partial charge in [0.25, 0.3) is 0 Å². The summed E-state index contributed by atoms with van der Waals surface area (Å²) < 4.78 is 12.4. The maximum absolute atomic E-state index is 10.7. The average molecular weight is 385 g/mol. The van der Waals surface area contributed by atoms with Gasteiger partial charge >= 0.3 is 5.97 Å². The fourth-order valence-electron chi connectivity index (χ4n) is 3.91. The predicted octanol–water partition coefficient (Wildman–Crippen LogP) is 6.85. The number of carboxylic acids is 1. The van der Waals surface area contributed by atoms with Gasteiger partial charge in [-0.2, -0.15) is 0 Å². The van der Waals surface area contributed by atoms with Gasteiger partial charge in [0.15, 0.2) is 6.29 Å². The fraction of sp³-hybridized carbons (Fsp3) is 0.957. The molecule has 1 aliphatic rings. The molecule has 1 heterocycles. The van der Waals surface area contributed by atoms with Crippen LogP contribution in [0.15, 0.2) is 0 Å². The van der Waals surface area contributed by atoms with Crippen LogP contribution in [-0.2, 0) is 14.3 Å². The van der Waals surface area contributed by atoms with Crippen LogP contribution in [0.3, 0.4) is 0 Å². The second-order valence-corrected chi connectivity index (χ2v) is 8.23. The van der Waals surface area contributed by atoms with E-state index in [-0.39, 0.29) is 12.7 Å². The Hall–Kier alpha value is -0.610. The Kier molecular flexibility index (Phi) is 14.8. The maximum atomic E-state index is 10.7. The van der Waals surface area contributed by atoms with Gasteiger partial charge in [-0.3, -0.25) is 4.79 Å². The van der Waals surface area contributed by atoms with Crippen molar-refractivity contribution < 1.29 is 19.4 Å². The van der Waals surface area contributed by atoms with E-state index in [0.717, 1.165) is 32.1 Å². The monoisotopic (exact) mass is 384 g/mol. The van der Waals surface area contributed by atoms with E-state index >= 15 is 0 Å². The first-order chi connectivity index (χ1) is 13.2. The summed E-state index contributed by atoms with van der Waals surface area (Å²) in [5.74, 6) is -0.713. The van der Waals surface area contributed by atoms with Gasteiger partial charge in [0, 0.05) is 6.42 Å². The van der Waals surface area contributed by atoms with Gasteiger partial charge in [0.05, 0.1) is 12.2 Å². The van der Waals surface area contributed by atoms with Crippen molar-refractivity contribution in [1.82, 2.24) is 0 Å². The lowest BCUT2D eigenvalue weighted by atomic mass is 9.98. The van der Waals surface area contributed by atoms with Crippen LogP contribution in [0.25, 0.3) is 0 Å². The highest BCUT2D eigenvalue weighted by Gasteiger charge is 2.29. The Morgan fingerprint density at radius 1 is 0.741 bits per heavy atom. The molecule has 0 saturated carbocycles. The number of carboxylic acid groups (broad SMARTS) is 1. The Morgan fingerprint density at radius 2 is 1.22 bits per heavy atom. The summed E-state index contributed by atoms with van der Waals surface area (Å²) in [5, 5.41) is 8.79. The predicted molar refractivity (Wildman–Crippen MR) is 111 cm³/mol. The highest BCUT2D eigenvalue weighted by Crippen LogP contribution is 2.28. The van der Waals surface area contributed by atoms with Crippen molar-refractivity contribution in [2.75, 3.05) is 0 Å². The number of carbonyl (C=O) groups is 1. The lowest BCUT2D eigenvalue weighted by molar-refractivity contribution is -0.247. The molecule has 160 valence electrons. The van der Waals surface area contributed by atoms with Gasteiger partial charge in [-0.1, -0.05) is 78.1 Å². The quantitative estimate of drug-likeness (QED) is 0.278. The van der Waals surface area contributed by atoms with Gasteiger partial charge in [-0.25, -0.2) is 0 Å². The van der Waals surface area contributed by atoms with Crippen LogP contribution < -0.4 is 0 Å². The average Bonchev–Trinajstić information content (AvgIpc) is 2.65. The lowest BCUT2D eigenvalue weighted by Crippen LogP contribution is -2.38. The van der Waals surface area contributed by atoms with E-state index in [4.69, 9.17) is 14.6 Å². The number of aliphatic carboxylic acids is 1. The van der Waals surface area contributed by atoms with Crippen LogP contribution in [0.4, 0.5) is 0 Å². The fourth-order valence-corrected chi connectivity index (χ4v) is 3.91. The van der Waals surface area contributed by atoms with Crippen molar-refractivity contribution in [2.24, 2.45) is 0 Å². The molecule has 2 unspecified atom stereocenters. The number of ether oxygens (including phenoxy) is 2. The van der Waals surface area contributed by atoms with Crippen molar-refractivity contribution in [1.29, 1.82) is 0 Å². The zero-order chi connectivity index (χ0) is 19.7. The summed E-state index contributed by atoms with van der Waals surface area (Å²) >= 11 is 0. The number of hydrogen-bond donors (Lipinski definition) is 1. The van der Waals surface area contributed by atoms with Crippen LogP contribution in [0.2, 0.25) is 0 Å². The smallest absolute Gasteiger partial charge is 0.303 e. The first-order valence-corrected chi connectivity index (χ1v) is 11.7. The van der Waals surface area contributed by atoms with E-state index in [1.807, 2.05) is 0 Å². The molecular formula is C23H44O4. The normalized spacial score (nSPS) is 22.8. The molecule has 4 heteroatoms. The van der Waals surface area contributed by atoms with E-state index in [9.17, 15) is 4.79 Å². The Labute approximate surface area is 167 Å². The molecule has 0 spiro atoms. The van der Waals surface area contributed by atoms with Crippen LogP contribution in [-0.4, -0.2) is 29.6 Å². The highest BCUT2D eigenvalue weighted by molar-refractivity contribution is 5.66. The molecule has 0 bridgehead atoms. The first-order valence-electron chi connectivity index (χ1n) is 11.7. The van der Waals surface area contributed by atoms with Crippen LogP contribution in [0, 0.1) is 0 Å². The summed E-state index contributed by atoms with van der Waals surface area (Å²) in [7, 11) is 0. The second-order valence-electron chi connectivity index (χ2n) is 8.23. The minimum absolute atomic E-state index is 0.131. The molecule has 0 aromatic heterocycles. The molecular weight excluding hydrogens is 340 g/mol. The van der Waals surface area contributed by atoms with Gasteiger partial charge in [-0.05, 0) is 38.5 Å². The van der Waals surface area contributed by atoms with E-state index in [0.29, 0.717) is 18.6 Å². The SMILES string of the molecule is CCCCCCCC1CC(CCCCCCC)OC(CCCCC(=O)O)O1. The Bertz CT molecular complexity index is 336. The highest BCUT2D eigenvalue weighted by atomic mass is 16.7. The number of hydrogen-bond acceptors (Lipinski definition) is 3. The Balaban J connectivity index is 2.34. The molecule has 1 fully saturated rings. The number of unbranched alkanes of at least 4 members (excludes halogenated alkanes) is 9. The van der Waals surface area contributed by atoms with Gasteiger partial charge < -0.3 is 14.6 Å². The summed E-state index contributed by atoms with van der Waals surface area (Å²) in [6.45, 7) is 4.50. The van der Waals surface area contributed by atoms with E-state index in [1.165, 1.54) is 64.2 Å². The molecule has 0 aromatic carbocycles. The molecule has 2 atom stereocenters. The summed E-state index contributed by atoms with van der Waals surface area (Å²) in [6, 6.07) is 0. The maximum Gasteiger partial charge on any atom is 0.303 e. The molecule has 0 aromatic rings. The second kappa shape index (κ2) is 16.4. The van der Waals surface area contributed by atoms with Crippen molar-refractivity contribution >= 4 is 5.97 Å². The van der Waals surface area contributed by atoms with Gasteiger partial charge in [0.1, 0.15) is 0 Å². The van der Waals surface area contributed by atoms with Crippen molar-refractivity contribution in [3.8, 4) is 0 Å². The first kappa shape index (κ1) is 24.4. The third-order valence-corrected chi connectivity index (χ3v) is 5.55. The molecule has 27 heavy (non-hydrogen) atoms. The molecule has 1 rings (SSSR count). The molecule has 1 aliphatic heterocycles. The van der Waals surface area contributed by atoms with Gasteiger partial charge in [0.2, 0.25) is 0 Å². The molecule has 0 aliphatic carbocycles. The van der Waals surface area contributed by atoms with E-state index in [1.54, 1.807) is 0 Å². The van der Waals surface area contributed by atoms with Gasteiger partial charge in [-0.15, -0.1) is 0 Å². The molecule has 1 saturated heterocycles. The van der Waals surface area contributed by atoms with E-state index in [2.05, 4.69) is 13.8 Å².